The van der Waals surface area contributed by atoms with Crippen LogP contribution in [-0.4, -0.2) is 0 Å². The number of benzene rings is 7. The van der Waals surface area contributed by atoms with E-state index in [1.54, 1.807) is 22.3 Å². The highest BCUT2D eigenvalue weighted by atomic mass is 14.4. The molecule has 0 unspecified atom stereocenters. The van der Waals surface area contributed by atoms with E-state index in [0.717, 1.165) is 12.8 Å². The van der Waals surface area contributed by atoms with E-state index < -0.39 is 0 Å². The van der Waals surface area contributed by atoms with Crippen molar-refractivity contribution in [3.63, 3.8) is 0 Å². The summed E-state index contributed by atoms with van der Waals surface area (Å²) in [5.41, 5.74) is 19.7. The van der Waals surface area contributed by atoms with Crippen LogP contribution < -0.4 is 0 Å². The molecule has 0 heterocycles. The molecule has 96 heavy (non-hydrogen) atoms. The minimum absolute atomic E-state index is 0.446. The van der Waals surface area contributed by atoms with E-state index >= 15 is 0 Å². The van der Waals surface area contributed by atoms with Gasteiger partial charge in [-0.05, 0) is 205 Å². The van der Waals surface area contributed by atoms with Crippen LogP contribution in [0.25, 0.3) is 0 Å². The molecule has 7 aliphatic rings. The van der Waals surface area contributed by atoms with Crippen LogP contribution in [0, 0.1) is 13.8 Å². The Labute approximate surface area is 590 Å². The maximum atomic E-state index is 2.45. The van der Waals surface area contributed by atoms with Crippen LogP contribution in [0.2, 0.25) is 0 Å². The van der Waals surface area contributed by atoms with Crippen LogP contribution in [0.15, 0.2) is 188 Å². The Morgan fingerprint density at radius 1 is 0.188 bits per heavy atom. The van der Waals surface area contributed by atoms with Gasteiger partial charge in [-0.15, -0.1) is 0 Å². The van der Waals surface area contributed by atoms with Gasteiger partial charge in [-0.3, -0.25) is 0 Å². The molecule has 0 atom stereocenters. The summed E-state index contributed by atoms with van der Waals surface area (Å²) < 4.78 is 0. The van der Waals surface area contributed by atoms with Gasteiger partial charge in [0, 0.05) is 0 Å². The molecule has 0 aliphatic heterocycles. The minimum atomic E-state index is 0.446. The number of hydrogen-bond acceptors (Lipinski definition) is 0. The van der Waals surface area contributed by atoms with Gasteiger partial charge in [0.2, 0.25) is 0 Å². The number of rotatable bonds is 9. The zero-order chi connectivity index (χ0) is 68.2. The molecule has 0 nitrogen and oxygen atoms in total. The second-order valence-corrected chi connectivity index (χ2v) is 33.4. The predicted octanol–water partition coefficient (Wildman–Crippen LogP) is 28.7. The first-order valence-corrected chi connectivity index (χ1v) is 39.8. The second-order valence-electron chi connectivity index (χ2n) is 33.4. The molecule has 7 fully saturated rings. The lowest BCUT2D eigenvalue weighted by Crippen LogP contribution is -2.24. The molecule has 0 amide bonds. The van der Waals surface area contributed by atoms with E-state index in [-0.39, 0.29) is 0 Å². The lowest BCUT2D eigenvalue weighted by molar-refractivity contribution is 0.319. The highest BCUT2D eigenvalue weighted by molar-refractivity contribution is 5.34. The summed E-state index contributed by atoms with van der Waals surface area (Å²) in [5, 5.41) is 0. The maximum absolute atomic E-state index is 2.45. The average molecular weight is 1290 g/mol. The highest BCUT2D eigenvalue weighted by Gasteiger charge is 2.34. The standard InChI is InChI=1S/2C15H22.2C14H20.2C13H18.C12H16/c1-15(14-10-6-5-7-11-14)12-8-3-2-4-9-13-15;1-3-13-7-9-14(10-8-13)15(2)11-5-4-6-12-15;1-12-6-8-13(9-7-12)14(2)10-4-3-5-11-14;1-3-12-6-8-13(9-7-12)14(2)10-4-5-11-14;1-11-5-7-12(8-6-11)13(2)9-3-4-10-13;1-13(10-6-3-7-11-13)12-8-4-2-5-9-12;1-12(9-5-6-10-12)11-7-3-2-4-8-11/h5-7,10-11H,2-4,8-9,12-13H2,1H3;7-10H,3-6,11-12H2,1-2H3;2*6-9H,3-5,10-11H2,1-2H3;5-8H,3-4,9-10H2,1-2H3;2,4-5,8-9H,3,6-7,10-11H2,1H3;2-4,7-8H,5-6,9-10H2,1H3. The van der Waals surface area contributed by atoms with E-state index in [9.17, 15) is 0 Å². The van der Waals surface area contributed by atoms with Crippen molar-refractivity contribution < 1.29 is 0 Å². The Morgan fingerprint density at radius 3 is 0.521 bits per heavy atom. The fourth-order valence-electron chi connectivity index (χ4n) is 17.9. The largest absolute Gasteiger partial charge is 0.0622 e. The summed E-state index contributed by atoms with van der Waals surface area (Å²) in [6.45, 7) is 25.7. The molecule has 7 saturated carbocycles. The van der Waals surface area contributed by atoms with Gasteiger partial charge in [0.1, 0.15) is 0 Å². The predicted molar refractivity (Wildman–Crippen MR) is 422 cm³/mol. The molecular weight excluding hydrogens is 1150 g/mol. The molecule has 0 bridgehead atoms. The molecule has 0 aromatic heterocycles. The van der Waals surface area contributed by atoms with Crippen molar-refractivity contribution in [3.05, 3.63) is 249 Å². The van der Waals surface area contributed by atoms with Crippen molar-refractivity contribution in [2.24, 2.45) is 0 Å². The van der Waals surface area contributed by atoms with Crippen molar-refractivity contribution in [1.29, 1.82) is 0 Å². The summed E-state index contributed by atoms with van der Waals surface area (Å²) in [6, 6.07) is 69.8. The third-order valence-electron chi connectivity index (χ3n) is 25.5. The fourth-order valence-corrected chi connectivity index (χ4v) is 17.9. The van der Waals surface area contributed by atoms with Crippen LogP contribution in [0.5, 0.6) is 0 Å². The molecule has 520 valence electrons. The van der Waals surface area contributed by atoms with Gasteiger partial charge in [-0.2, -0.15) is 0 Å². The summed E-state index contributed by atoms with van der Waals surface area (Å²) in [7, 11) is 0. The maximum Gasteiger partial charge on any atom is -0.00752 e. The normalized spacial score (nSPS) is 20.7. The Kier molecular flexibility index (Phi) is 29.9. The van der Waals surface area contributed by atoms with Gasteiger partial charge in [0.15, 0.2) is 0 Å². The van der Waals surface area contributed by atoms with Crippen LogP contribution in [0.4, 0.5) is 0 Å². The van der Waals surface area contributed by atoms with Crippen LogP contribution in [0.1, 0.15) is 342 Å². The fraction of sp³-hybridized carbons (Fsp3) is 0.562. The Bertz CT molecular complexity index is 3170. The molecule has 7 aromatic carbocycles. The third kappa shape index (κ3) is 22.5. The lowest BCUT2D eigenvalue weighted by Gasteiger charge is -2.34. The molecule has 0 heteroatoms. The molecule has 7 aliphatic carbocycles. The number of hydrogen-bond donors (Lipinski definition) is 0. The molecule has 7 aromatic rings. The van der Waals surface area contributed by atoms with E-state index in [2.05, 4.69) is 264 Å². The highest BCUT2D eigenvalue weighted by Crippen LogP contribution is 2.45. The molecule has 0 radical (unpaired) electrons. The van der Waals surface area contributed by atoms with Crippen LogP contribution in [0.3, 0.4) is 0 Å². The van der Waals surface area contributed by atoms with Crippen molar-refractivity contribution >= 4 is 0 Å². The van der Waals surface area contributed by atoms with Crippen LogP contribution >= 0.6 is 0 Å². The lowest BCUT2D eigenvalue weighted by atomic mass is 9.71. The summed E-state index contributed by atoms with van der Waals surface area (Å²) in [4.78, 5) is 0. The SMILES string of the molecule is CC1(c2ccccc2)CCCC1.CC1(c2ccccc2)CCCCC1.CC1(c2ccccc2)CCCCCCC1.CCc1ccc(C2(C)CCCC2)cc1.CCc1ccc(C2(C)CCCCC2)cc1.Cc1ccc(C2(C)CCCC2)cc1.Cc1ccc(C2(C)CCCCC2)cc1. The van der Waals surface area contributed by atoms with Gasteiger partial charge in [-0.25, -0.2) is 0 Å². The zero-order valence-corrected chi connectivity index (χ0v) is 63.4. The smallest absolute Gasteiger partial charge is 0.00752 e. The van der Waals surface area contributed by atoms with Crippen molar-refractivity contribution in [1.82, 2.24) is 0 Å². The average Bonchev–Trinajstić information content (AvgIpc) is 2.16. The van der Waals surface area contributed by atoms with E-state index in [1.807, 2.05) is 0 Å². The van der Waals surface area contributed by atoms with Crippen molar-refractivity contribution in [2.75, 3.05) is 0 Å². The first-order valence-electron chi connectivity index (χ1n) is 39.8. The molecule has 14 rings (SSSR count). The third-order valence-corrected chi connectivity index (χ3v) is 25.5. The summed E-state index contributed by atoms with van der Waals surface area (Å²) in [5.74, 6) is 0. The van der Waals surface area contributed by atoms with Gasteiger partial charge >= 0.3 is 0 Å². The minimum Gasteiger partial charge on any atom is -0.0622 e. The van der Waals surface area contributed by atoms with Crippen molar-refractivity contribution in [2.45, 2.75) is 345 Å². The molecule has 0 saturated heterocycles. The van der Waals surface area contributed by atoms with E-state index in [0.29, 0.717) is 37.9 Å². The molecular formula is C96H136. The summed E-state index contributed by atoms with van der Waals surface area (Å²) in [6.07, 6.45) is 49.8. The van der Waals surface area contributed by atoms with Gasteiger partial charge in [0.05, 0.1) is 0 Å². The Balaban J connectivity index is 0.000000143. The van der Waals surface area contributed by atoms with E-state index in [4.69, 9.17) is 0 Å². The van der Waals surface area contributed by atoms with Crippen molar-refractivity contribution in [3.8, 4) is 0 Å². The van der Waals surface area contributed by atoms with Gasteiger partial charge in [-0.1, -0.05) is 390 Å². The second kappa shape index (κ2) is 37.7. The van der Waals surface area contributed by atoms with E-state index in [1.165, 1.54) is 257 Å². The topological polar surface area (TPSA) is 0 Å². The quantitative estimate of drug-likeness (QED) is 0.135. The number of aryl methyl sites for hydroxylation is 4. The summed E-state index contributed by atoms with van der Waals surface area (Å²) >= 11 is 0. The molecule has 0 spiro atoms. The Morgan fingerprint density at radius 2 is 0.333 bits per heavy atom. The monoisotopic (exact) mass is 1290 g/mol. The molecule has 0 N–H and O–H groups in total. The van der Waals surface area contributed by atoms with Gasteiger partial charge in [0.25, 0.3) is 0 Å². The van der Waals surface area contributed by atoms with Gasteiger partial charge < -0.3 is 0 Å². The first kappa shape index (κ1) is 76.3. The zero-order valence-electron chi connectivity index (χ0n) is 63.4. The first-order chi connectivity index (χ1) is 46.3. The van der Waals surface area contributed by atoms with Crippen LogP contribution in [-0.2, 0) is 50.7 Å². The Hall–Kier alpha value is -5.46.